The number of aliphatic hydroxyl groups excluding tert-OH is 1. The van der Waals surface area contributed by atoms with Gasteiger partial charge in [-0.2, -0.15) is 0 Å². The first-order chi connectivity index (χ1) is 25.6. The minimum absolute atomic E-state index is 0.272. The second-order valence-corrected chi connectivity index (χ2v) is 13.4. The number of aryl methyl sites for hydroxylation is 1. The van der Waals surface area contributed by atoms with Gasteiger partial charge in [-0.25, -0.2) is 0 Å². The molecule has 0 heterocycles. The molecule has 0 spiro atoms. The van der Waals surface area contributed by atoms with Gasteiger partial charge in [0.15, 0.2) is 0 Å². The number of allylic oxidation sites excluding steroid dienone is 16. The van der Waals surface area contributed by atoms with Crippen molar-refractivity contribution in [3.8, 4) is 0 Å². The predicted molar refractivity (Wildman–Crippen MR) is 233 cm³/mol. The Morgan fingerprint density at radius 3 is 2.11 bits per heavy atom. The SMILES string of the molecule is C=C/C=C(\C=C/C)c1ccc(C(N)c2cc(C(/C=C\C(=C)C3=CCCC=C3O)=C/C)cc(C3C=CC=CC3)c2)cc1.CCC(C)N.Cc1ccccc1. The minimum Gasteiger partial charge on any atom is -0.508 e. The van der Waals surface area contributed by atoms with Gasteiger partial charge in [-0.05, 0) is 110 Å². The molecule has 3 nitrogen and oxygen atoms in total. The number of hydrogen-bond acceptors (Lipinski definition) is 3. The molecule has 0 amide bonds. The van der Waals surface area contributed by atoms with Gasteiger partial charge in [-0.1, -0.05) is 165 Å². The first-order valence-electron chi connectivity index (χ1n) is 18.8. The van der Waals surface area contributed by atoms with E-state index < -0.39 is 0 Å². The van der Waals surface area contributed by atoms with Gasteiger partial charge in [0.05, 0.1) is 6.04 Å². The summed E-state index contributed by atoms with van der Waals surface area (Å²) in [5.41, 5.74) is 23.0. The maximum atomic E-state index is 10.3. The molecule has 3 unspecified atom stereocenters. The third kappa shape index (κ3) is 13.7. The molecule has 0 saturated carbocycles. The van der Waals surface area contributed by atoms with E-state index in [0.29, 0.717) is 17.7 Å². The Hall–Kier alpha value is -5.22. The van der Waals surface area contributed by atoms with Gasteiger partial charge in [-0.3, -0.25) is 0 Å². The average molecular weight is 705 g/mol. The summed E-state index contributed by atoms with van der Waals surface area (Å²) < 4.78 is 0. The number of hydrogen-bond donors (Lipinski definition) is 3. The van der Waals surface area contributed by atoms with E-state index in [1.54, 1.807) is 0 Å². The van der Waals surface area contributed by atoms with Crippen LogP contribution in [0.2, 0.25) is 0 Å². The second kappa shape index (κ2) is 22.7. The lowest BCUT2D eigenvalue weighted by Crippen LogP contribution is -2.13. The largest absolute Gasteiger partial charge is 0.508 e. The molecule has 0 saturated heterocycles. The van der Waals surface area contributed by atoms with E-state index in [1.807, 2.05) is 69.4 Å². The minimum atomic E-state index is -0.272. The molecule has 0 bridgehead atoms. The van der Waals surface area contributed by atoms with Crippen LogP contribution in [-0.4, -0.2) is 11.1 Å². The molecule has 3 atom stereocenters. The van der Waals surface area contributed by atoms with Crippen molar-refractivity contribution in [1.29, 1.82) is 0 Å². The molecule has 3 aromatic rings. The molecule has 0 fully saturated rings. The highest BCUT2D eigenvalue weighted by atomic mass is 16.3. The number of benzene rings is 3. The highest BCUT2D eigenvalue weighted by Gasteiger charge is 2.17. The summed E-state index contributed by atoms with van der Waals surface area (Å²) in [6, 6.07) is 25.6. The van der Waals surface area contributed by atoms with Crippen molar-refractivity contribution in [2.75, 3.05) is 0 Å². The first-order valence-corrected chi connectivity index (χ1v) is 18.8. The van der Waals surface area contributed by atoms with Crippen LogP contribution in [0.4, 0.5) is 0 Å². The molecule has 2 aliphatic carbocycles. The Morgan fingerprint density at radius 1 is 0.868 bits per heavy atom. The number of rotatable bonds is 11. The molecule has 276 valence electrons. The van der Waals surface area contributed by atoms with Crippen molar-refractivity contribution in [3.05, 3.63) is 215 Å². The lowest BCUT2D eigenvalue weighted by atomic mass is 9.86. The van der Waals surface area contributed by atoms with Gasteiger partial charge in [0.2, 0.25) is 0 Å². The average Bonchev–Trinajstić information content (AvgIpc) is 3.19. The van der Waals surface area contributed by atoms with Crippen LogP contribution in [0.1, 0.15) is 98.7 Å². The van der Waals surface area contributed by atoms with Gasteiger partial charge in [0.1, 0.15) is 5.76 Å². The van der Waals surface area contributed by atoms with Crippen molar-refractivity contribution in [1.82, 2.24) is 0 Å². The molecule has 5 N–H and O–H groups in total. The second-order valence-electron chi connectivity index (χ2n) is 13.4. The zero-order valence-electron chi connectivity index (χ0n) is 32.5. The lowest BCUT2D eigenvalue weighted by Gasteiger charge is -2.20. The van der Waals surface area contributed by atoms with Crippen LogP contribution < -0.4 is 11.5 Å². The van der Waals surface area contributed by atoms with Crippen LogP contribution in [0.5, 0.6) is 0 Å². The van der Waals surface area contributed by atoms with Gasteiger partial charge >= 0.3 is 0 Å². The van der Waals surface area contributed by atoms with Gasteiger partial charge in [0, 0.05) is 17.5 Å². The van der Waals surface area contributed by atoms with Crippen molar-refractivity contribution < 1.29 is 5.11 Å². The van der Waals surface area contributed by atoms with E-state index in [4.69, 9.17) is 11.5 Å². The molecule has 0 aromatic heterocycles. The monoisotopic (exact) mass is 704 g/mol. The Balaban J connectivity index is 0.000000537. The Morgan fingerprint density at radius 2 is 1.57 bits per heavy atom. The maximum Gasteiger partial charge on any atom is 0.119 e. The summed E-state index contributed by atoms with van der Waals surface area (Å²) in [6.07, 6.45) is 30.6. The van der Waals surface area contributed by atoms with Crippen LogP contribution in [0, 0.1) is 6.92 Å². The fourth-order valence-corrected chi connectivity index (χ4v) is 5.83. The van der Waals surface area contributed by atoms with Crippen molar-refractivity contribution in [2.24, 2.45) is 11.5 Å². The van der Waals surface area contributed by atoms with Crippen LogP contribution >= 0.6 is 0 Å². The van der Waals surface area contributed by atoms with E-state index in [9.17, 15) is 5.11 Å². The third-order valence-corrected chi connectivity index (χ3v) is 9.16. The molecule has 53 heavy (non-hydrogen) atoms. The molecule has 0 radical (unpaired) electrons. The van der Waals surface area contributed by atoms with Crippen molar-refractivity contribution >= 4 is 11.1 Å². The number of aliphatic hydroxyl groups is 1. The van der Waals surface area contributed by atoms with Gasteiger partial charge in [-0.15, -0.1) is 0 Å². The van der Waals surface area contributed by atoms with E-state index in [1.165, 1.54) is 11.1 Å². The van der Waals surface area contributed by atoms with Crippen LogP contribution in [0.3, 0.4) is 0 Å². The molecular weight excluding hydrogens is 645 g/mol. The molecule has 2 aliphatic rings. The van der Waals surface area contributed by atoms with Crippen LogP contribution in [-0.2, 0) is 0 Å². The summed E-state index contributed by atoms with van der Waals surface area (Å²) in [5, 5.41) is 10.3. The third-order valence-electron chi connectivity index (χ3n) is 9.16. The summed E-state index contributed by atoms with van der Waals surface area (Å²) in [6.45, 7) is 18.3. The standard InChI is InChI=1S/C39H41NO.C7H8.C4H11N/c1-5-13-30(14-6-2)32-21-23-33(24-22-32)39(40)36-26-34(25-35(27-36)31-15-9-8-10-16-31)29(7-3)20-19-28(4)37-17-11-12-18-38(37)41;1-7-5-3-2-4-6-7;1-3-4(2)5/h5-10,13-15,17-27,31,39,41H,1,4,11-12,16,40H2,2-3H3;2-6H,1H3;4H,3,5H2,1-2H3/b14-6-,20-19-,29-7+,30-13+;;. The zero-order chi connectivity index (χ0) is 38.6. The Labute approximate surface area is 320 Å². The summed E-state index contributed by atoms with van der Waals surface area (Å²) in [7, 11) is 0. The fourth-order valence-electron chi connectivity index (χ4n) is 5.83. The van der Waals surface area contributed by atoms with E-state index in [-0.39, 0.29) is 6.04 Å². The molecule has 3 aromatic carbocycles. The maximum absolute atomic E-state index is 10.3. The van der Waals surface area contributed by atoms with Crippen LogP contribution in [0.15, 0.2) is 182 Å². The molecular formula is C50H60N2O. The molecule has 0 aliphatic heterocycles. The Bertz CT molecular complexity index is 1870. The quantitative estimate of drug-likeness (QED) is 0.174. The highest BCUT2D eigenvalue weighted by molar-refractivity contribution is 5.77. The first kappa shape index (κ1) is 42.2. The van der Waals surface area contributed by atoms with E-state index >= 15 is 0 Å². The smallest absolute Gasteiger partial charge is 0.119 e. The highest BCUT2D eigenvalue weighted by Crippen LogP contribution is 2.33. The molecule has 3 heteroatoms. The van der Waals surface area contributed by atoms with E-state index in [2.05, 4.69) is 130 Å². The Kier molecular flexibility index (Phi) is 18.0. The summed E-state index contributed by atoms with van der Waals surface area (Å²) in [5.74, 6) is 0.608. The summed E-state index contributed by atoms with van der Waals surface area (Å²) >= 11 is 0. The lowest BCUT2D eigenvalue weighted by molar-refractivity contribution is 0.419. The van der Waals surface area contributed by atoms with Gasteiger partial charge < -0.3 is 16.6 Å². The van der Waals surface area contributed by atoms with Gasteiger partial charge in [0.25, 0.3) is 0 Å². The van der Waals surface area contributed by atoms with Crippen molar-refractivity contribution in [2.45, 2.75) is 78.3 Å². The predicted octanol–water partition coefficient (Wildman–Crippen LogP) is 12.9. The fraction of sp³-hybridized carbons (Fsp3) is 0.240. The van der Waals surface area contributed by atoms with Crippen molar-refractivity contribution in [3.63, 3.8) is 0 Å². The normalized spacial score (nSPS) is 16.8. The van der Waals surface area contributed by atoms with Crippen LogP contribution in [0.25, 0.3) is 11.1 Å². The van der Waals surface area contributed by atoms with E-state index in [0.717, 1.165) is 70.2 Å². The zero-order valence-corrected chi connectivity index (χ0v) is 32.5. The summed E-state index contributed by atoms with van der Waals surface area (Å²) in [4.78, 5) is 0. The topological polar surface area (TPSA) is 72.3 Å². The number of nitrogens with two attached hydrogens (primary N) is 2. The molecule has 5 rings (SSSR count).